The van der Waals surface area contributed by atoms with Crippen molar-refractivity contribution in [2.75, 3.05) is 0 Å². The summed E-state index contributed by atoms with van der Waals surface area (Å²) in [5, 5.41) is 0. The molecule has 0 aliphatic carbocycles. The summed E-state index contributed by atoms with van der Waals surface area (Å²) in [6.07, 6.45) is 0. The third-order valence-electron chi connectivity index (χ3n) is 0.792. The summed E-state index contributed by atoms with van der Waals surface area (Å²) in [6, 6.07) is 1.69. The van der Waals surface area contributed by atoms with Gasteiger partial charge in [0.05, 0.1) is 0 Å². The maximum absolute atomic E-state index is 12.6. The molecule has 0 bridgehead atoms. The Morgan fingerprint density at radius 3 is 3.11 bits per heavy atom. The van der Waals surface area contributed by atoms with E-state index in [9.17, 15) is 8.13 Å². The van der Waals surface area contributed by atoms with Crippen molar-refractivity contribution in [2.24, 2.45) is 0 Å². The second kappa shape index (κ2) is 2.88. The van der Waals surface area contributed by atoms with Crippen molar-refractivity contribution in [1.29, 1.82) is 0 Å². The summed E-state index contributed by atoms with van der Waals surface area (Å²) in [5.41, 5.74) is 0. The van der Waals surface area contributed by atoms with E-state index in [4.69, 9.17) is 2.74 Å². The fraction of sp³-hybridized carbons (Fsp3) is 0. The van der Waals surface area contributed by atoms with E-state index in [1.54, 1.807) is 0 Å². The molecule has 0 aliphatic heterocycles. The van der Waals surface area contributed by atoms with Gasteiger partial charge in [-0.1, -0.05) is 0 Å². The molecular formula is C6H4AsFO. The fourth-order valence-corrected chi connectivity index (χ4v) is 1.03. The number of halogens is 1. The number of benzene rings is 1. The van der Waals surface area contributed by atoms with Crippen molar-refractivity contribution in [2.45, 2.75) is 0 Å². The molecule has 46 valence electrons. The van der Waals surface area contributed by atoms with E-state index in [1.807, 2.05) is 0 Å². The molecule has 0 aromatic heterocycles. The maximum atomic E-state index is 12.6. The van der Waals surface area contributed by atoms with Crippen LogP contribution < -0.4 is 4.35 Å². The Kier molecular flexibility index (Phi) is 1.39. The van der Waals surface area contributed by atoms with Gasteiger partial charge in [-0.15, -0.1) is 0 Å². The second-order valence-corrected chi connectivity index (χ2v) is 2.80. The Labute approximate surface area is 61.6 Å². The predicted molar refractivity (Wildman–Crippen MR) is 32.5 cm³/mol. The van der Waals surface area contributed by atoms with Crippen LogP contribution >= 0.6 is 0 Å². The van der Waals surface area contributed by atoms with Gasteiger partial charge in [-0.05, 0) is 0 Å². The van der Waals surface area contributed by atoms with Crippen molar-refractivity contribution >= 4 is 20.0 Å². The molecule has 0 atom stereocenters. The summed E-state index contributed by atoms with van der Waals surface area (Å²) in [5.74, 6) is -0.720. The zero-order valence-corrected chi connectivity index (χ0v) is 6.26. The summed E-state index contributed by atoms with van der Waals surface area (Å²) < 4.78 is 37.2. The van der Waals surface area contributed by atoms with Gasteiger partial charge in [-0.25, -0.2) is 0 Å². The van der Waals surface area contributed by atoms with Gasteiger partial charge in [0.25, 0.3) is 0 Å². The number of hydrogen-bond acceptors (Lipinski definition) is 1. The van der Waals surface area contributed by atoms with E-state index in [0.717, 1.165) is 12.1 Å². The molecule has 1 nitrogen and oxygen atoms in total. The van der Waals surface area contributed by atoms with E-state index in [1.165, 1.54) is 0 Å². The van der Waals surface area contributed by atoms with Crippen LogP contribution in [0.3, 0.4) is 0 Å². The SMILES string of the molecule is [2H]c1cc([2H])c([As]=O)cc1F. The quantitative estimate of drug-likeness (QED) is 0.586. The first kappa shape index (κ1) is 4.34. The topological polar surface area (TPSA) is 17.1 Å². The zero-order chi connectivity index (χ0) is 8.43. The Morgan fingerprint density at radius 2 is 2.44 bits per heavy atom. The third kappa shape index (κ3) is 1.72. The molecule has 9 heavy (non-hydrogen) atoms. The van der Waals surface area contributed by atoms with Crippen molar-refractivity contribution in [3.05, 3.63) is 30.0 Å². The molecule has 0 fully saturated rings. The molecule has 1 aromatic rings. The molecule has 0 saturated carbocycles. The van der Waals surface area contributed by atoms with Crippen molar-refractivity contribution < 1.29 is 10.9 Å². The molecule has 0 amide bonds. The van der Waals surface area contributed by atoms with E-state index in [0.29, 0.717) is 0 Å². The summed E-state index contributed by atoms with van der Waals surface area (Å²) >= 11 is -1.37. The Balaban J connectivity index is 3.31. The molecule has 0 aliphatic rings. The number of hydrogen-bond donors (Lipinski definition) is 0. The van der Waals surface area contributed by atoms with Gasteiger partial charge in [-0.2, -0.15) is 0 Å². The van der Waals surface area contributed by atoms with Crippen LogP contribution in [0.4, 0.5) is 4.39 Å². The first-order chi connectivity index (χ1) is 5.15. The van der Waals surface area contributed by atoms with E-state index < -0.39 is 21.5 Å². The van der Waals surface area contributed by atoms with Crippen LogP contribution in [0.5, 0.6) is 0 Å². The molecule has 0 spiro atoms. The molecule has 0 saturated heterocycles. The van der Waals surface area contributed by atoms with Gasteiger partial charge in [0.1, 0.15) is 0 Å². The monoisotopic (exact) mass is 188 g/mol. The van der Waals surface area contributed by atoms with Gasteiger partial charge < -0.3 is 0 Å². The Morgan fingerprint density at radius 1 is 1.67 bits per heavy atom. The van der Waals surface area contributed by atoms with Crippen molar-refractivity contribution in [3.63, 3.8) is 0 Å². The van der Waals surface area contributed by atoms with Crippen LogP contribution in [-0.2, 0) is 3.74 Å². The molecular weight excluding hydrogens is 182 g/mol. The normalized spacial score (nSPS) is 13.0. The summed E-state index contributed by atoms with van der Waals surface area (Å²) in [6.45, 7) is 0. The van der Waals surface area contributed by atoms with Gasteiger partial charge in [0, 0.05) is 0 Å². The molecule has 1 aromatic carbocycles. The minimum atomic E-state index is -1.37. The molecule has 0 heterocycles. The average Bonchev–Trinajstić information content (AvgIpc) is 1.97. The average molecular weight is 188 g/mol. The molecule has 0 unspecified atom stereocenters. The molecule has 3 heteroatoms. The Hall–Kier alpha value is -0.492. The molecule has 1 rings (SSSR count). The van der Waals surface area contributed by atoms with E-state index >= 15 is 0 Å². The van der Waals surface area contributed by atoms with Crippen LogP contribution in [-0.4, -0.2) is 15.7 Å². The first-order valence-electron chi connectivity index (χ1n) is 3.25. The van der Waals surface area contributed by atoms with E-state index in [-0.39, 0.29) is 16.4 Å². The fourth-order valence-electron chi connectivity index (χ4n) is 0.435. The van der Waals surface area contributed by atoms with Gasteiger partial charge in [0.2, 0.25) is 0 Å². The predicted octanol–water partition coefficient (Wildman–Crippen LogP) is 0.501. The van der Waals surface area contributed by atoms with Gasteiger partial charge in [0.15, 0.2) is 0 Å². The van der Waals surface area contributed by atoms with Crippen LogP contribution in [0.2, 0.25) is 0 Å². The standard InChI is InChI=1S/C6H4AsFO/c8-6-3-1-2-5(4-6)7-9/h1-4H/i2D,3D. The number of rotatable bonds is 1. The van der Waals surface area contributed by atoms with Crippen LogP contribution in [0.15, 0.2) is 24.2 Å². The van der Waals surface area contributed by atoms with Crippen LogP contribution in [0.25, 0.3) is 0 Å². The molecule has 0 N–H and O–H groups in total. The molecule has 0 radical (unpaired) electrons. The van der Waals surface area contributed by atoms with Crippen LogP contribution in [0.1, 0.15) is 2.74 Å². The van der Waals surface area contributed by atoms with Crippen molar-refractivity contribution in [1.82, 2.24) is 0 Å². The second-order valence-electron chi connectivity index (χ2n) is 1.40. The zero-order valence-electron chi connectivity index (χ0n) is 6.39. The van der Waals surface area contributed by atoms with Gasteiger partial charge >= 0.3 is 60.9 Å². The summed E-state index contributed by atoms with van der Waals surface area (Å²) in [7, 11) is 0. The first-order valence-corrected chi connectivity index (χ1v) is 3.95. The van der Waals surface area contributed by atoms with Gasteiger partial charge in [-0.3, -0.25) is 0 Å². The summed E-state index contributed by atoms with van der Waals surface area (Å²) in [4.78, 5) is 0. The third-order valence-corrected chi connectivity index (χ3v) is 1.75. The van der Waals surface area contributed by atoms with Crippen LogP contribution in [0, 0.1) is 5.82 Å². The van der Waals surface area contributed by atoms with Crippen molar-refractivity contribution in [3.8, 4) is 0 Å². The van der Waals surface area contributed by atoms with E-state index in [2.05, 4.69) is 0 Å². The Bertz CT molecular complexity index is 303. The minimum absolute atomic E-state index is 0.0219.